The molecule has 0 unspecified atom stereocenters. The summed E-state index contributed by atoms with van der Waals surface area (Å²) in [7, 11) is 0. The Morgan fingerprint density at radius 2 is 2.05 bits per heavy atom. The lowest BCUT2D eigenvalue weighted by Crippen LogP contribution is -1.99. The molecule has 0 aliphatic heterocycles. The van der Waals surface area contributed by atoms with Gasteiger partial charge in [-0.3, -0.25) is 4.57 Å². The lowest BCUT2D eigenvalue weighted by Gasteiger charge is -2.02. The highest BCUT2D eigenvalue weighted by atomic mass is 32.1. The van der Waals surface area contributed by atoms with Crippen molar-refractivity contribution in [3.05, 3.63) is 44.5 Å². The molecule has 0 aliphatic rings. The van der Waals surface area contributed by atoms with Crippen molar-refractivity contribution in [2.75, 3.05) is 0 Å². The smallest absolute Gasteiger partial charge is 0.179 e. The lowest BCUT2D eigenvalue weighted by molar-refractivity contribution is 0.811. The van der Waals surface area contributed by atoms with Crippen molar-refractivity contribution in [1.29, 1.82) is 0 Å². The monoisotopic (exact) mass is 289 g/mol. The van der Waals surface area contributed by atoms with Gasteiger partial charge in [0, 0.05) is 15.4 Å². The van der Waals surface area contributed by atoms with Crippen molar-refractivity contribution in [1.82, 2.24) is 14.5 Å². The molecule has 0 aliphatic carbocycles. The Morgan fingerprint density at radius 3 is 2.79 bits per heavy atom. The number of aryl methyl sites for hydroxylation is 2. The molecule has 3 aromatic heterocycles. The van der Waals surface area contributed by atoms with Crippen LogP contribution in [-0.2, 0) is 13.0 Å². The maximum absolute atomic E-state index is 5.40. The summed E-state index contributed by atoms with van der Waals surface area (Å²) in [6.07, 6.45) is 1.08. The van der Waals surface area contributed by atoms with Gasteiger partial charge in [-0.15, -0.1) is 11.3 Å². The SMILES string of the molecule is CCc1ccc(Cn2c(=S)[nH]c3ccc(C)nc32)s1. The van der Waals surface area contributed by atoms with E-state index in [4.69, 9.17) is 12.2 Å². The van der Waals surface area contributed by atoms with Crippen LogP contribution in [-0.4, -0.2) is 14.5 Å². The number of nitrogens with zero attached hydrogens (tertiary/aromatic N) is 2. The quantitative estimate of drug-likeness (QED) is 0.737. The van der Waals surface area contributed by atoms with Gasteiger partial charge in [0.1, 0.15) is 0 Å². The average molecular weight is 289 g/mol. The van der Waals surface area contributed by atoms with Crippen molar-refractivity contribution >= 4 is 34.7 Å². The van der Waals surface area contributed by atoms with Gasteiger partial charge in [0.2, 0.25) is 0 Å². The Balaban J connectivity index is 2.06. The number of aromatic amines is 1. The number of nitrogens with one attached hydrogen (secondary N) is 1. The number of rotatable bonds is 3. The highest BCUT2D eigenvalue weighted by molar-refractivity contribution is 7.71. The second kappa shape index (κ2) is 4.90. The first-order valence-corrected chi connectivity index (χ1v) is 7.53. The van der Waals surface area contributed by atoms with E-state index in [0.717, 1.165) is 34.6 Å². The van der Waals surface area contributed by atoms with E-state index in [-0.39, 0.29) is 0 Å². The van der Waals surface area contributed by atoms with Gasteiger partial charge in [0.05, 0.1) is 12.1 Å². The third kappa shape index (κ3) is 2.35. The molecule has 0 atom stereocenters. The van der Waals surface area contributed by atoms with Crippen molar-refractivity contribution in [2.24, 2.45) is 0 Å². The Kier molecular flexibility index (Phi) is 3.24. The van der Waals surface area contributed by atoms with Crippen molar-refractivity contribution in [3.8, 4) is 0 Å². The molecule has 0 amide bonds. The fourth-order valence-electron chi connectivity index (χ4n) is 2.13. The summed E-state index contributed by atoms with van der Waals surface area (Å²) in [5, 5.41) is 0. The van der Waals surface area contributed by atoms with Crippen molar-refractivity contribution in [2.45, 2.75) is 26.8 Å². The average Bonchev–Trinajstić information content (AvgIpc) is 2.96. The van der Waals surface area contributed by atoms with Crippen LogP contribution in [0.2, 0.25) is 0 Å². The van der Waals surface area contributed by atoms with Crippen LogP contribution in [0.15, 0.2) is 24.3 Å². The fraction of sp³-hybridized carbons (Fsp3) is 0.286. The van der Waals surface area contributed by atoms with Gasteiger partial charge in [-0.2, -0.15) is 0 Å². The van der Waals surface area contributed by atoms with Crippen LogP contribution in [0.4, 0.5) is 0 Å². The van der Waals surface area contributed by atoms with Crippen molar-refractivity contribution < 1.29 is 0 Å². The molecule has 0 bridgehead atoms. The predicted octanol–water partition coefficient (Wildman–Crippen LogP) is 4.07. The van der Waals surface area contributed by atoms with Crippen LogP contribution >= 0.6 is 23.6 Å². The van der Waals surface area contributed by atoms with Crippen LogP contribution in [0.3, 0.4) is 0 Å². The molecular weight excluding hydrogens is 274 g/mol. The molecule has 0 radical (unpaired) electrons. The standard InChI is InChI=1S/C14H15N3S2/c1-3-10-5-6-11(19-10)8-17-13-12(16-14(17)18)7-4-9(2)15-13/h4-7H,3,8H2,1-2H3,(H,16,18). The number of thiophene rings is 1. The lowest BCUT2D eigenvalue weighted by atomic mass is 10.3. The first-order chi connectivity index (χ1) is 9.17. The topological polar surface area (TPSA) is 33.6 Å². The molecule has 98 valence electrons. The van der Waals surface area contributed by atoms with Crippen LogP contribution in [0.25, 0.3) is 11.2 Å². The summed E-state index contributed by atoms with van der Waals surface area (Å²) in [5.74, 6) is 0. The largest absolute Gasteiger partial charge is 0.329 e. The predicted molar refractivity (Wildman–Crippen MR) is 82.5 cm³/mol. The molecule has 3 heterocycles. The Labute approximate surface area is 120 Å². The van der Waals surface area contributed by atoms with E-state index < -0.39 is 0 Å². The maximum atomic E-state index is 5.40. The Morgan fingerprint density at radius 1 is 1.26 bits per heavy atom. The molecule has 0 fully saturated rings. The summed E-state index contributed by atoms with van der Waals surface area (Å²) in [4.78, 5) is 10.5. The molecule has 3 rings (SSSR count). The van der Waals surface area contributed by atoms with Crippen LogP contribution in [0.1, 0.15) is 22.4 Å². The minimum Gasteiger partial charge on any atom is -0.329 e. The normalized spacial score (nSPS) is 11.3. The van der Waals surface area contributed by atoms with Gasteiger partial charge in [-0.1, -0.05) is 6.92 Å². The molecule has 0 aromatic carbocycles. The fourth-order valence-corrected chi connectivity index (χ4v) is 3.33. The molecule has 0 spiro atoms. The highest BCUT2D eigenvalue weighted by Crippen LogP contribution is 2.20. The van der Waals surface area contributed by atoms with E-state index in [1.54, 1.807) is 0 Å². The third-order valence-corrected chi connectivity index (χ3v) is 4.67. The van der Waals surface area contributed by atoms with E-state index in [1.165, 1.54) is 9.75 Å². The van der Waals surface area contributed by atoms with Gasteiger partial charge in [-0.05, 0) is 49.8 Å². The van der Waals surface area contributed by atoms with Gasteiger partial charge in [0.15, 0.2) is 10.4 Å². The maximum Gasteiger partial charge on any atom is 0.179 e. The number of H-pyrrole nitrogens is 1. The summed E-state index contributed by atoms with van der Waals surface area (Å²) in [6, 6.07) is 8.41. The first-order valence-electron chi connectivity index (χ1n) is 6.31. The highest BCUT2D eigenvalue weighted by Gasteiger charge is 2.08. The molecule has 0 saturated carbocycles. The Bertz CT molecular complexity index is 779. The zero-order valence-electron chi connectivity index (χ0n) is 10.9. The second-order valence-corrected chi connectivity index (χ2v) is 6.20. The summed E-state index contributed by atoms with van der Waals surface area (Å²) < 4.78 is 2.81. The van der Waals surface area contributed by atoms with Gasteiger partial charge >= 0.3 is 0 Å². The number of pyridine rings is 1. The van der Waals surface area contributed by atoms with Crippen LogP contribution < -0.4 is 0 Å². The minimum atomic E-state index is 0.736. The molecule has 5 heteroatoms. The molecule has 0 saturated heterocycles. The zero-order valence-corrected chi connectivity index (χ0v) is 12.6. The molecule has 1 N–H and O–H groups in total. The van der Waals surface area contributed by atoms with E-state index >= 15 is 0 Å². The van der Waals surface area contributed by atoms with Gasteiger partial charge in [-0.25, -0.2) is 4.98 Å². The number of hydrogen-bond donors (Lipinski definition) is 1. The van der Waals surface area contributed by atoms with E-state index in [0.29, 0.717) is 0 Å². The molecular formula is C14H15N3S2. The summed E-state index contributed by atoms with van der Waals surface area (Å²) >= 11 is 7.25. The van der Waals surface area contributed by atoms with E-state index in [9.17, 15) is 0 Å². The second-order valence-electron chi connectivity index (χ2n) is 4.56. The minimum absolute atomic E-state index is 0.736. The third-order valence-electron chi connectivity index (χ3n) is 3.14. The zero-order chi connectivity index (χ0) is 13.4. The van der Waals surface area contributed by atoms with Crippen LogP contribution in [0, 0.1) is 11.7 Å². The molecule has 3 aromatic rings. The summed E-state index contributed by atoms with van der Waals surface area (Å²) in [6.45, 7) is 4.97. The number of hydrogen-bond acceptors (Lipinski definition) is 3. The molecule has 19 heavy (non-hydrogen) atoms. The Hall–Kier alpha value is -1.46. The van der Waals surface area contributed by atoms with Crippen LogP contribution in [0.5, 0.6) is 0 Å². The van der Waals surface area contributed by atoms with Gasteiger partial charge < -0.3 is 4.98 Å². The van der Waals surface area contributed by atoms with Gasteiger partial charge in [0.25, 0.3) is 0 Å². The number of imidazole rings is 1. The summed E-state index contributed by atoms with van der Waals surface area (Å²) in [5.41, 5.74) is 2.95. The molecule has 3 nitrogen and oxygen atoms in total. The first kappa shape index (κ1) is 12.6. The number of aromatic nitrogens is 3. The van der Waals surface area contributed by atoms with E-state index in [1.807, 2.05) is 30.4 Å². The van der Waals surface area contributed by atoms with Crippen molar-refractivity contribution in [3.63, 3.8) is 0 Å². The number of fused-ring (bicyclic) bond motifs is 1. The van der Waals surface area contributed by atoms with E-state index in [2.05, 4.69) is 33.6 Å².